The molecule has 4 aromatic rings. The number of aryl methyl sites for hydroxylation is 2. The van der Waals surface area contributed by atoms with E-state index >= 15 is 0 Å². The molecule has 1 fully saturated rings. The molecule has 0 saturated carbocycles. The summed E-state index contributed by atoms with van der Waals surface area (Å²) < 4.78 is 0. The summed E-state index contributed by atoms with van der Waals surface area (Å²) in [7, 11) is 0. The van der Waals surface area contributed by atoms with E-state index in [2.05, 4.69) is 71.4 Å². The third-order valence-corrected chi connectivity index (χ3v) is 7.20. The molecular weight excluding hydrogens is 470 g/mol. The largest absolute Gasteiger partial charge is 0.508 e. The number of nitrogens with one attached hydrogen (secondary N) is 1. The molecule has 2 N–H and O–H groups in total. The number of aromatic nitrogens is 1. The first-order valence-electron chi connectivity index (χ1n) is 12.5. The molecule has 1 saturated heterocycles. The Kier molecular flexibility index (Phi) is 8.02. The van der Waals surface area contributed by atoms with E-state index in [1.54, 1.807) is 12.1 Å². The monoisotopic (exact) mass is 503 g/mol. The predicted molar refractivity (Wildman–Crippen MR) is 150 cm³/mol. The Balaban J connectivity index is 0.00000304. The Morgan fingerprint density at radius 2 is 1.69 bits per heavy atom. The van der Waals surface area contributed by atoms with E-state index in [1.807, 2.05) is 17.9 Å². The van der Waals surface area contributed by atoms with Gasteiger partial charge in [0.15, 0.2) is 0 Å². The van der Waals surface area contributed by atoms with Crippen molar-refractivity contribution in [1.82, 2.24) is 9.88 Å². The minimum absolute atomic E-state index is 0. The molecule has 0 unspecified atom stereocenters. The number of amides is 1. The van der Waals surface area contributed by atoms with Gasteiger partial charge in [0.2, 0.25) is 0 Å². The number of carbonyl (C=O) groups is 1. The van der Waals surface area contributed by atoms with E-state index in [1.165, 1.54) is 11.1 Å². The Bertz CT molecular complexity index is 1310. The minimum Gasteiger partial charge on any atom is -0.508 e. The maximum Gasteiger partial charge on any atom is 0.260 e. The van der Waals surface area contributed by atoms with Crippen LogP contribution < -0.4 is 4.90 Å². The van der Waals surface area contributed by atoms with Gasteiger partial charge in [0.25, 0.3) is 5.91 Å². The van der Waals surface area contributed by atoms with Crippen LogP contribution in [0.4, 0.5) is 5.69 Å². The Morgan fingerprint density at radius 3 is 2.39 bits per heavy atom. The number of phenols is 1. The smallest absolute Gasteiger partial charge is 0.260 e. The van der Waals surface area contributed by atoms with Gasteiger partial charge in [-0.1, -0.05) is 48.0 Å². The molecule has 36 heavy (non-hydrogen) atoms. The quantitative estimate of drug-likeness (QED) is 0.326. The van der Waals surface area contributed by atoms with Crippen molar-refractivity contribution in [3.05, 3.63) is 95.2 Å². The molecule has 3 aromatic carbocycles. The van der Waals surface area contributed by atoms with Crippen molar-refractivity contribution in [2.45, 2.75) is 39.2 Å². The van der Waals surface area contributed by atoms with Crippen molar-refractivity contribution in [1.29, 1.82) is 0 Å². The topological polar surface area (TPSA) is 59.6 Å². The van der Waals surface area contributed by atoms with Gasteiger partial charge < -0.3 is 19.9 Å². The number of likely N-dealkylation sites (tertiary alicyclic amines) is 1. The number of halogens is 1. The fraction of sp³-hybridized carbons (Fsp3) is 0.300. The lowest BCUT2D eigenvalue weighted by molar-refractivity contribution is 0.0961. The van der Waals surface area contributed by atoms with Crippen LogP contribution in [0.15, 0.2) is 72.8 Å². The first-order chi connectivity index (χ1) is 17.0. The molecule has 0 atom stereocenters. The average Bonchev–Trinajstić information content (AvgIpc) is 3.20. The first-order valence-corrected chi connectivity index (χ1v) is 12.5. The highest BCUT2D eigenvalue weighted by Gasteiger charge is 2.32. The fourth-order valence-corrected chi connectivity index (χ4v) is 5.24. The van der Waals surface area contributed by atoms with Crippen molar-refractivity contribution in [2.24, 2.45) is 0 Å². The van der Waals surface area contributed by atoms with E-state index in [9.17, 15) is 9.90 Å². The molecule has 188 valence electrons. The molecule has 6 heteroatoms. The highest BCUT2D eigenvalue weighted by atomic mass is 35.5. The molecular formula is C30H34ClN3O2. The second-order valence-corrected chi connectivity index (χ2v) is 9.67. The van der Waals surface area contributed by atoms with E-state index in [0.717, 1.165) is 61.2 Å². The van der Waals surface area contributed by atoms with Crippen LogP contribution in [0.25, 0.3) is 10.9 Å². The standard InChI is InChI=1S/C30H33N3O2.ClH/c1-21-8-10-24(11-9-21)33(30(35)29-22(2)31-28-13-12-26(34)20-27(28)29)25-15-18-32(19-16-25)17-14-23-6-4-3-5-7-23;/h3-13,20,25,31,34H,14-19H2,1-2H3;1H. The summed E-state index contributed by atoms with van der Waals surface area (Å²) in [4.78, 5) is 22.0. The van der Waals surface area contributed by atoms with E-state index < -0.39 is 0 Å². The van der Waals surface area contributed by atoms with Gasteiger partial charge in [-0.3, -0.25) is 4.79 Å². The van der Waals surface area contributed by atoms with Crippen LogP contribution >= 0.6 is 12.4 Å². The molecule has 1 aromatic heterocycles. The maximum atomic E-state index is 14.1. The lowest BCUT2D eigenvalue weighted by atomic mass is 9.99. The number of phenolic OH excluding ortho intramolecular Hbond substituents is 1. The molecule has 2 heterocycles. The zero-order valence-corrected chi connectivity index (χ0v) is 21.7. The van der Waals surface area contributed by atoms with Gasteiger partial charge in [0.05, 0.1) is 5.56 Å². The van der Waals surface area contributed by atoms with Crippen LogP contribution in [-0.4, -0.2) is 46.6 Å². The SMILES string of the molecule is Cc1ccc(N(C(=O)c2c(C)[nH]c3ccc(O)cc23)C2CCN(CCc3ccccc3)CC2)cc1.Cl. The van der Waals surface area contributed by atoms with Crippen molar-refractivity contribution >= 4 is 34.9 Å². The Hall–Kier alpha value is -3.28. The number of anilines is 1. The zero-order chi connectivity index (χ0) is 24.4. The van der Waals surface area contributed by atoms with Crippen molar-refractivity contribution < 1.29 is 9.90 Å². The number of fused-ring (bicyclic) bond motifs is 1. The summed E-state index contributed by atoms with van der Waals surface area (Å²) in [5.74, 6) is 0.157. The normalized spacial score (nSPS) is 14.5. The minimum atomic E-state index is -0.00839. The van der Waals surface area contributed by atoms with Crippen LogP contribution in [0.1, 0.15) is 40.0 Å². The summed E-state index contributed by atoms with van der Waals surface area (Å²) in [5, 5.41) is 10.9. The molecule has 5 nitrogen and oxygen atoms in total. The number of aromatic amines is 1. The molecule has 1 amide bonds. The van der Waals surface area contributed by atoms with Gasteiger partial charge in [-0.15, -0.1) is 12.4 Å². The summed E-state index contributed by atoms with van der Waals surface area (Å²) in [6.07, 6.45) is 2.91. The number of carbonyl (C=O) groups excluding carboxylic acids is 1. The van der Waals surface area contributed by atoms with Gasteiger partial charge >= 0.3 is 0 Å². The average molecular weight is 504 g/mol. The molecule has 0 aliphatic carbocycles. The van der Waals surface area contributed by atoms with Gasteiger partial charge in [-0.05, 0) is 69.0 Å². The number of nitrogens with zero attached hydrogens (tertiary/aromatic N) is 2. The van der Waals surface area contributed by atoms with E-state index in [0.29, 0.717) is 5.56 Å². The van der Waals surface area contributed by atoms with E-state index in [-0.39, 0.29) is 30.1 Å². The van der Waals surface area contributed by atoms with Crippen molar-refractivity contribution in [3.8, 4) is 5.75 Å². The number of H-pyrrole nitrogens is 1. The molecule has 0 spiro atoms. The lowest BCUT2D eigenvalue weighted by Crippen LogP contribution is -2.48. The predicted octanol–water partition coefficient (Wildman–Crippen LogP) is 6.27. The molecule has 1 aliphatic heterocycles. The highest BCUT2D eigenvalue weighted by Crippen LogP contribution is 2.32. The third-order valence-electron chi connectivity index (χ3n) is 7.20. The Morgan fingerprint density at radius 1 is 1.00 bits per heavy atom. The zero-order valence-electron chi connectivity index (χ0n) is 20.9. The van der Waals surface area contributed by atoms with Gasteiger partial charge in [0.1, 0.15) is 5.75 Å². The summed E-state index contributed by atoms with van der Waals surface area (Å²) in [6.45, 7) is 6.98. The number of hydrogen-bond donors (Lipinski definition) is 2. The second kappa shape index (κ2) is 11.2. The van der Waals surface area contributed by atoms with Crippen LogP contribution in [0.3, 0.4) is 0 Å². The lowest BCUT2D eigenvalue weighted by Gasteiger charge is -2.39. The molecule has 0 bridgehead atoms. The molecule has 0 radical (unpaired) electrons. The summed E-state index contributed by atoms with van der Waals surface area (Å²) >= 11 is 0. The molecule has 1 aliphatic rings. The highest BCUT2D eigenvalue weighted by molar-refractivity contribution is 6.15. The van der Waals surface area contributed by atoms with Gasteiger partial charge in [0, 0.05) is 48.0 Å². The third kappa shape index (κ3) is 5.43. The molecule has 5 rings (SSSR count). The Labute approximate surface area is 219 Å². The second-order valence-electron chi connectivity index (χ2n) is 9.67. The van der Waals surface area contributed by atoms with Crippen molar-refractivity contribution in [2.75, 3.05) is 24.5 Å². The fourth-order valence-electron chi connectivity index (χ4n) is 5.24. The van der Waals surface area contributed by atoms with Gasteiger partial charge in [-0.25, -0.2) is 0 Å². The number of aromatic hydroxyl groups is 1. The van der Waals surface area contributed by atoms with Crippen LogP contribution in [0.2, 0.25) is 0 Å². The number of piperidine rings is 1. The summed E-state index contributed by atoms with van der Waals surface area (Å²) in [6, 6.07) is 24.2. The first kappa shape index (κ1) is 25.8. The maximum absolute atomic E-state index is 14.1. The number of hydrogen-bond acceptors (Lipinski definition) is 3. The van der Waals surface area contributed by atoms with Crippen molar-refractivity contribution in [3.63, 3.8) is 0 Å². The van der Waals surface area contributed by atoms with Crippen LogP contribution in [0, 0.1) is 13.8 Å². The van der Waals surface area contributed by atoms with Gasteiger partial charge in [-0.2, -0.15) is 0 Å². The number of rotatable bonds is 6. The number of benzene rings is 3. The van der Waals surface area contributed by atoms with Crippen LogP contribution in [-0.2, 0) is 6.42 Å². The summed E-state index contributed by atoms with van der Waals surface area (Å²) in [5.41, 5.74) is 5.80. The van der Waals surface area contributed by atoms with E-state index in [4.69, 9.17) is 0 Å². The van der Waals surface area contributed by atoms with Crippen LogP contribution in [0.5, 0.6) is 5.75 Å².